The van der Waals surface area contributed by atoms with Gasteiger partial charge >= 0.3 is 6.03 Å². The highest BCUT2D eigenvalue weighted by atomic mass is 35.5. The van der Waals surface area contributed by atoms with Crippen LogP contribution in [0.25, 0.3) is 10.9 Å². The summed E-state index contributed by atoms with van der Waals surface area (Å²) in [6.07, 6.45) is 1.68. The third-order valence-corrected chi connectivity index (χ3v) is 5.92. The van der Waals surface area contributed by atoms with Crippen LogP contribution in [0.2, 0.25) is 5.02 Å². The van der Waals surface area contributed by atoms with Crippen molar-refractivity contribution >= 4 is 39.9 Å². The number of amides is 2. The molecular weight excluding hydrogens is 502 g/mol. The molecule has 0 fully saturated rings. The van der Waals surface area contributed by atoms with Crippen molar-refractivity contribution < 1.29 is 19.0 Å². The smallest absolute Gasteiger partial charge is 0.323 e. The number of rotatable bonds is 8. The summed E-state index contributed by atoms with van der Waals surface area (Å²) in [5.74, 6) is 2.40. The van der Waals surface area contributed by atoms with E-state index in [1.54, 1.807) is 67.9 Å². The Morgan fingerprint density at radius 2 is 1.50 bits per heavy atom. The summed E-state index contributed by atoms with van der Waals surface area (Å²) >= 11 is 5.88. The van der Waals surface area contributed by atoms with Gasteiger partial charge in [-0.3, -0.25) is 4.98 Å². The molecule has 8 heteroatoms. The van der Waals surface area contributed by atoms with Crippen LogP contribution in [0.1, 0.15) is 5.56 Å². The zero-order valence-electron chi connectivity index (χ0n) is 20.5. The second-order valence-electron chi connectivity index (χ2n) is 8.32. The van der Waals surface area contributed by atoms with Crippen molar-refractivity contribution in [2.75, 3.05) is 17.7 Å². The Balaban J connectivity index is 1.28. The van der Waals surface area contributed by atoms with E-state index in [0.717, 1.165) is 10.9 Å². The van der Waals surface area contributed by atoms with Crippen molar-refractivity contribution in [3.8, 4) is 23.0 Å². The van der Waals surface area contributed by atoms with Gasteiger partial charge in [0.05, 0.1) is 12.6 Å². The molecule has 0 bridgehead atoms. The van der Waals surface area contributed by atoms with Gasteiger partial charge in [0.1, 0.15) is 18.1 Å². The Bertz CT molecular complexity index is 1540. The first-order chi connectivity index (χ1) is 18.6. The highest BCUT2D eigenvalue weighted by Gasteiger charge is 2.13. The van der Waals surface area contributed by atoms with Crippen LogP contribution in [-0.4, -0.2) is 18.1 Å². The van der Waals surface area contributed by atoms with Crippen LogP contribution in [0.15, 0.2) is 103 Å². The quantitative estimate of drug-likeness (QED) is 0.215. The first kappa shape index (κ1) is 24.9. The van der Waals surface area contributed by atoms with Gasteiger partial charge in [-0.15, -0.1) is 0 Å². The average Bonchev–Trinajstić information content (AvgIpc) is 2.94. The molecular formula is C30H24ClN3O4. The third kappa shape index (κ3) is 6.14. The zero-order valence-corrected chi connectivity index (χ0v) is 21.2. The molecule has 2 N–H and O–H groups in total. The highest BCUT2D eigenvalue weighted by Crippen LogP contribution is 2.37. The summed E-state index contributed by atoms with van der Waals surface area (Å²) in [5.41, 5.74) is 3.02. The van der Waals surface area contributed by atoms with Gasteiger partial charge in [-0.05, 0) is 66.2 Å². The number of fused-ring (bicyclic) bond motifs is 1. The number of methoxy groups -OCH3 is 1. The lowest BCUT2D eigenvalue weighted by Crippen LogP contribution is -2.19. The molecule has 0 atom stereocenters. The minimum absolute atomic E-state index is 0.362. The molecule has 0 unspecified atom stereocenters. The Hall–Kier alpha value is -4.75. The topological polar surface area (TPSA) is 81.7 Å². The number of ether oxygens (including phenoxy) is 3. The van der Waals surface area contributed by atoms with Gasteiger partial charge in [-0.2, -0.15) is 0 Å². The van der Waals surface area contributed by atoms with E-state index in [9.17, 15) is 4.79 Å². The molecule has 1 heterocycles. The largest absolute Gasteiger partial charge is 0.493 e. The van der Waals surface area contributed by atoms with Gasteiger partial charge in [0.2, 0.25) is 0 Å². The molecule has 0 aliphatic carbocycles. The third-order valence-electron chi connectivity index (χ3n) is 5.67. The molecule has 7 nitrogen and oxygen atoms in total. The first-order valence-electron chi connectivity index (χ1n) is 11.8. The number of benzene rings is 4. The number of nitrogens with one attached hydrogen (secondary N) is 2. The minimum atomic E-state index is -0.362. The van der Waals surface area contributed by atoms with E-state index in [2.05, 4.69) is 15.6 Å². The predicted molar refractivity (Wildman–Crippen MR) is 150 cm³/mol. The van der Waals surface area contributed by atoms with Crippen molar-refractivity contribution in [1.29, 1.82) is 0 Å². The zero-order chi connectivity index (χ0) is 26.3. The lowest BCUT2D eigenvalue weighted by atomic mass is 10.1. The molecule has 5 aromatic rings. The second kappa shape index (κ2) is 11.5. The summed E-state index contributed by atoms with van der Waals surface area (Å²) in [4.78, 5) is 16.8. The maximum Gasteiger partial charge on any atom is 0.323 e. The Morgan fingerprint density at radius 1 is 0.816 bits per heavy atom. The van der Waals surface area contributed by atoms with Gasteiger partial charge in [0, 0.05) is 34.0 Å². The SMILES string of the molecule is COc1cc2c(Oc3ccc(NC(=O)Nc4ccc(Cl)cc4)cc3)ccnc2cc1OCc1ccccc1. The van der Waals surface area contributed by atoms with Crippen LogP contribution in [0, 0.1) is 0 Å². The maximum atomic E-state index is 12.3. The van der Waals surface area contributed by atoms with E-state index in [1.807, 2.05) is 42.5 Å². The molecule has 5 rings (SSSR count). The standard InChI is InChI=1S/C30H24ClN3O4/c1-36-28-17-25-26(18-29(28)37-19-20-5-3-2-4-6-20)32-16-15-27(25)38-24-13-11-23(12-14-24)34-30(35)33-22-9-7-21(31)8-10-22/h2-18H,19H2,1H3,(H2,33,34,35). The van der Waals surface area contributed by atoms with Crippen LogP contribution < -0.4 is 24.8 Å². The van der Waals surface area contributed by atoms with Crippen molar-refractivity contribution in [2.24, 2.45) is 0 Å². The van der Waals surface area contributed by atoms with Crippen molar-refractivity contribution in [1.82, 2.24) is 4.98 Å². The normalized spacial score (nSPS) is 10.6. The molecule has 1 aromatic heterocycles. The molecule has 0 aliphatic heterocycles. The van der Waals surface area contributed by atoms with Gasteiger partial charge in [-0.1, -0.05) is 41.9 Å². The fraction of sp³-hybridized carbons (Fsp3) is 0.0667. The number of aromatic nitrogens is 1. The van der Waals surface area contributed by atoms with Gasteiger partial charge in [0.15, 0.2) is 11.5 Å². The fourth-order valence-electron chi connectivity index (χ4n) is 3.79. The summed E-state index contributed by atoms with van der Waals surface area (Å²) in [6.45, 7) is 0.414. The average molecular weight is 526 g/mol. The number of nitrogens with zero attached hydrogens (tertiary/aromatic N) is 1. The minimum Gasteiger partial charge on any atom is -0.493 e. The molecule has 0 spiro atoms. The number of hydrogen-bond donors (Lipinski definition) is 2. The van der Waals surface area contributed by atoms with Gasteiger partial charge in [-0.25, -0.2) is 4.79 Å². The lowest BCUT2D eigenvalue weighted by molar-refractivity contribution is 0.262. The first-order valence-corrected chi connectivity index (χ1v) is 12.2. The van der Waals surface area contributed by atoms with E-state index >= 15 is 0 Å². The Kier molecular flexibility index (Phi) is 7.57. The molecule has 0 radical (unpaired) electrons. The summed E-state index contributed by atoms with van der Waals surface area (Å²) in [7, 11) is 1.60. The van der Waals surface area contributed by atoms with Crippen molar-refractivity contribution in [3.63, 3.8) is 0 Å². The number of halogens is 1. The maximum absolute atomic E-state index is 12.3. The van der Waals surface area contributed by atoms with E-state index < -0.39 is 0 Å². The number of anilines is 2. The number of hydrogen-bond acceptors (Lipinski definition) is 5. The van der Waals surface area contributed by atoms with Crippen LogP contribution in [0.5, 0.6) is 23.0 Å². The number of urea groups is 1. The molecule has 0 saturated carbocycles. The predicted octanol–water partition coefficient (Wildman–Crippen LogP) is 7.91. The number of pyridine rings is 1. The molecule has 0 aliphatic rings. The van der Waals surface area contributed by atoms with Crippen LogP contribution >= 0.6 is 11.6 Å². The van der Waals surface area contributed by atoms with E-state index in [-0.39, 0.29) is 6.03 Å². The molecule has 2 amide bonds. The van der Waals surface area contributed by atoms with Crippen molar-refractivity contribution in [3.05, 3.63) is 114 Å². The summed E-state index contributed by atoms with van der Waals surface area (Å²) in [6, 6.07) is 29.0. The number of carbonyl (C=O) groups excluding carboxylic acids is 1. The number of carbonyl (C=O) groups is 1. The summed E-state index contributed by atoms with van der Waals surface area (Å²) < 4.78 is 17.8. The molecule has 0 saturated heterocycles. The van der Waals surface area contributed by atoms with E-state index in [0.29, 0.717) is 51.5 Å². The van der Waals surface area contributed by atoms with E-state index in [1.165, 1.54) is 0 Å². The Morgan fingerprint density at radius 3 is 2.18 bits per heavy atom. The van der Waals surface area contributed by atoms with Crippen LogP contribution in [0.4, 0.5) is 16.2 Å². The van der Waals surface area contributed by atoms with Crippen LogP contribution in [0.3, 0.4) is 0 Å². The Labute approximate surface area is 225 Å². The van der Waals surface area contributed by atoms with E-state index in [4.69, 9.17) is 25.8 Å². The van der Waals surface area contributed by atoms with Gasteiger partial charge < -0.3 is 24.8 Å². The lowest BCUT2D eigenvalue weighted by Gasteiger charge is -2.14. The second-order valence-corrected chi connectivity index (χ2v) is 8.75. The molecule has 38 heavy (non-hydrogen) atoms. The molecule has 4 aromatic carbocycles. The van der Waals surface area contributed by atoms with Crippen LogP contribution in [-0.2, 0) is 6.61 Å². The fourth-order valence-corrected chi connectivity index (χ4v) is 3.91. The monoisotopic (exact) mass is 525 g/mol. The van der Waals surface area contributed by atoms with Gasteiger partial charge in [0.25, 0.3) is 0 Å². The van der Waals surface area contributed by atoms with Crippen molar-refractivity contribution in [2.45, 2.75) is 6.61 Å². The highest BCUT2D eigenvalue weighted by molar-refractivity contribution is 6.30. The molecule has 190 valence electrons. The summed E-state index contributed by atoms with van der Waals surface area (Å²) in [5, 5.41) is 6.93.